The molecule has 7 nitrogen and oxygen atoms in total. The van der Waals surface area contributed by atoms with Gasteiger partial charge in [-0.3, -0.25) is 4.90 Å². The van der Waals surface area contributed by atoms with Crippen LogP contribution in [0.5, 0.6) is 0 Å². The van der Waals surface area contributed by atoms with Gasteiger partial charge < -0.3 is 14.2 Å². The van der Waals surface area contributed by atoms with Gasteiger partial charge in [0.05, 0.1) is 25.9 Å². The van der Waals surface area contributed by atoms with Crippen molar-refractivity contribution >= 4 is 23.5 Å². The second kappa shape index (κ2) is 11.1. The van der Waals surface area contributed by atoms with Gasteiger partial charge in [0.25, 0.3) is 0 Å². The summed E-state index contributed by atoms with van der Waals surface area (Å²) >= 11 is 0. The highest BCUT2D eigenvalue weighted by Gasteiger charge is 2.60. The second-order valence-electron chi connectivity index (χ2n) is 7.98. The number of hydrogen-bond acceptors (Lipinski definition) is 7. The number of nitrogens with zero attached hydrogens (tertiary/aromatic N) is 1. The van der Waals surface area contributed by atoms with E-state index in [1.807, 2.05) is 42.2 Å². The number of carbonyl (C=O) groups excluding carboxylic acids is 3. The number of likely N-dealkylation sites (tertiary alicyclic amines) is 1. The maximum absolute atomic E-state index is 13.6. The molecule has 1 aliphatic rings. The smallest absolute Gasteiger partial charge is 0.342 e. The number of methoxy groups -OCH3 is 1. The van der Waals surface area contributed by atoms with Gasteiger partial charge in [-0.2, -0.15) is 0 Å². The first kappa shape index (κ1) is 25.2. The van der Waals surface area contributed by atoms with Crippen LogP contribution in [0, 0.1) is 0 Å². The lowest BCUT2D eigenvalue weighted by molar-refractivity contribution is -0.170. The first-order chi connectivity index (χ1) is 16.4. The largest absolute Gasteiger partial charge is 0.465 e. The van der Waals surface area contributed by atoms with Gasteiger partial charge in [-0.1, -0.05) is 42.5 Å². The SMILES string of the molecule is CCOC(=O)C1(C(=O)OCC)/C(=C(\C)c2ccc(C(=O)OC)cc2)CCN1Cc1ccccc1. The summed E-state index contributed by atoms with van der Waals surface area (Å²) in [7, 11) is 1.33. The van der Waals surface area contributed by atoms with E-state index in [4.69, 9.17) is 14.2 Å². The molecule has 0 spiro atoms. The van der Waals surface area contributed by atoms with Gasteiger partial charge in [0, 0.05) is 13.1 Å². The summed E-state index contributed by atoms with van der Waals surface area (Å²) in [5, 5.41) is 0. The summed E-state index contributed by atoms with van der Waals surface area (Å²) in [4.78, 5) is 40.8. The zero-order chi connectivity index (χ0) is 24.7. The van der Waals surface area contributed by atoms with E-state index in [0.717, 1.165) is 16.7 Å². The molecule has 2 aromatic rings. The Kier molecular flexibility index (Phi) is 8.23. The standard InChI is InChI=1S/C27H31NO6/c1-5-33-25(30)27(26(31)34-6-2)23(16-17-28(27)18-20-10-8-7-9-11-20)19(3)21-12-14-22(15-13-21)24(29)32-4/h7-15H,5-6,16-18H2,1-4H3/b23-19+. The number of benzene rings is 2. The Bertz CT molecular complexity index is 1040. The van der Waals surface area contributed by atoms with Gasteiger partial charge in [0.1, 0.15) is 0 Å². The van der Waals surface area contributed by atoms with E-state index in [1.165, 1.54) is 7.11 Å². The Labute approximate surface area is 200 Å². The summed E-state index contributed by atoms with van der Waals surface area (Å²) in [5.74, 6) is -1.70. The Morgan fingerprint density at radius 3 is 1.97 bits per heavy atom. The predicted octanol–water partition coefficient (Wildman–Crippen LogP) is 4.02. The molecule has 0 saturated carbocycles. The summed E-state index contributed by atoms with van der Waals surface area (Å²) in [5.41, 5.74) is 1.92. The fourth-order valence-corrected chi connectivity index (χ4v) is 4.45. The van der Waals surface area contributed by atoms with Crippen LogP contribution in [-0.2, 0) is 30.3 Å². The molecule has 0 bridgehead atoms. The highest BCUT2D eigenvalue weighted by atomic mass is 16.6. The number of carbonyl (C=O) groups is 3. The molecule has 7 heteroatoms. The van der Waals surface area contributed by atoms with Gasteiger partial charge in [0.15, 0.2) is 0 Å². The zero-order valence-electron chi connectivity index (χ0n) is 20.1. The van der Waals surface area contributed by atoms with Crippen molar-refractivity contribution in [3.05, 3.63) is 76.9 Å². The molecule has 2 aromatic carbocycles. The molecule has 0 atom stereocenters. The molecule has 180 valence electrons. The van der Waals surface area contributed by atoms with Gasteiger partial charge >= 0.3 is 17.9 Å². The van der Waals surface area contributed by atoms with Crippen LogP contribution in [0.1, 0.15) is 48.7 Å². The number of rotatable bonds is 8. The minimum atomic E-state index is -1.69. The summed E-state index contributed by atoms with van der Waals surface area (Å²) in [6.07, 6.45) is 0.495. The van der Waals surface area contributed by atoms with Crippen molar-refractivity contribution in [2.45, 2.75) is 39.3 Å². The van der Waals surface area contributed by atoms with Crippen molar-refractivity contribution in [2.75, 3.05) is 26.9 Å². The van der Waals surface area contributed by atoms with Gasteiger partial charge in [-0.15, -0.1) is 0 Å². The van der Waals surface area contributed by atoms with Crippen LogP contribution in [0.15, 0.2) is 60.2 Å². The molecule has 0 aliphatic carbocycles. The average molecular weight is 466 g/mol. The first-order valence-electron chi connectivity index (χ1n) is 11.4. The third-order valence-corrected chi connectivity index (χ3v) is 6.09. The molecule has 0 N–H and O–H groups in total. The molecule has 0 amide bonds. The molecule has 1 heterocycles. The van der Waals surface area contributed by atoms with Crippen molar-refractivity contribution in [2.24, 2.45) is 0 Å². The van der Waals surface area contributed by atoms with E-state index >= 15 is 0 Å². The molecule has 0 radical (unpaired) electrons. The van der Waals surface area contributed by atoms with Crippen LogP contribution in [0.3, 0.4) is 0 Å². The molecule has 0 aromatic heterocycles. The van der Waals surface area contributed by atoms with Crippen LogP contribution in [0.4, 0.5) is 0 Å². The molecular formula is C27H31NO6. The number of allylic oxidation sites excluding steroid dienone is 1. The molecular weight excluding hydrogens is 434 g/mol. The predicted molar refractivity (Wildman–Crippen MR) is 128 cm³/mol. The second-order valence-corrected chi connectivity index (χ2v) is 7.98. The van der Waals surface area contributed by atoms with E-state index in [-0.39, 0.29) is 13.2 Å². The Balaban J connectivity index is 2.15. The van der Waals surface area contributed by atoms with Crippen LogP contribution in [0.2, 0.25) is 0 Å². The highest BCUT2D eigenvalue weighted by molar-refractivity contribution is 6.11. The lowest BCUT2D eigenvalue weighted by Crippen LogP contribution is -2.58. The van der Waals surface area contributed by atoms with E-state index < -0.39 is 23.4 Å². The first-order valence-corrected chi connectivity index (χ1v) is 11.4. The van der Waals surface area contributed by atoms with Crippen LogP contribution < -0.4 is 0 Å². The van der Waals surface area contributed by atoms with Crippen molar-refractivity contribution < 1.29 is 28.6 Å². The zero-order valence-corrected chi connectivity index (χ0v) is 20.1. The van der Waals surface area contributed by atoms with Gasteiger partial charge in [0.2, 0.25) is 5.54 Å². The fraction of sp³-hybridized carbons (Fsp3) is 0.370. The Morgan fingerprint density at radius 2 is 1.44 bits per heavy atom. The van der Waals surface area contributed by atoms with Crippen LogP contribution in [-0.4, -0.2) is 55.2 Å². The monoisotopic (exact) mass is 465 g/mol. The summed E-state index contributed by atoms with van der Waals surface area (Å²) in [6.45, 7) is 6.46. The molecule has 1 fully saturated rings. The molecule has 1 aliphatic heterocycles. The highest BCUT2D eigenvalue weighted by Crippen LogP contribution is 2.42. The molecule has 34 heavy (non-hydrogen) atoms. The van der Waals surface area contributed by atoms with Crippen LogP contribution in [0.25, 0.3) is 5.57 Å². The third-order valence-electron chi connectivity index (χ3n) is 6.09. The average Bonchev–Trinajstić information content (AvgIpc) is 3.24. The topological polar surface area (TPSA) is 82.1 Å². The number of esters is 3. The fourth-order valence-electron chi connectivity index (χ4n) is 4.45. The molecule has 3 rings (SSSR count). The normalized spacial score (nSPS) is 16.6. The van der Waals surface area contributed by atoms with E-state index in [9.17, 15) is 14.4 Å². The summed E-state index contributed by atoms with van der Waals surface area (Å²) in [6, 6.07) is 16.6. The Hall–Kier alpha value is -3.45. The van der Waals surface area contributed by atoms with Gasteiger partial charge in [-0.05, 0) is 61.6 Å². The Morgan fingerprint density at radius 1 is 0.882 bits per heavy atom. The maximum Gasteiger partial charge on any atom is 0.342 e. The minimum Gasteiger partial charge on any atom is -0.465 e. The van der Waals surface area contributed by atoms with Gasteiger partial charge in [-0.25, -0.2) is 14.4 Å². The number of ether oxygens (including phenoxy) is 3. The third kappa shape index (κ3) is 4.75. The van der Waals surface area contributed by atoms with Crippen molar-refractivity contribution in [1.82, 2.24) is 4.90 Å². The van der Waals surface area contributed by atoms with Crippen molar-refractivity contribution in [3.8, 4) is 0 Å². The molecule has 0 unspecified atom stereocenters. The lowest BCUT2D eigenvalue weighted by atomic mass is 9.84. The van der Waals surface area contributed by atoms with Crippen molar-refractivity contribution in [1.29, 1.82) is 0 Å². The van der Waals surface area contributed by atoms with E-state index in [0.29, 0.717) is 30.6 Å². The summed E-state index contributed by atoms with van der Waals surface area (Å²) < 4.78 is 15.7. The minimum absolute atomic E-state index is 0.138. The lowest BCUT2D eigenvalue weighted by Gasteiger charge is -2.35. The van der Waals surface area contributed by atoms with Crippen LogP contribution >= 0.6 is 0 Å². The number of hydrogen-bond donors (Lipinski definition) is 0. The van der Waals surface area contributed by atoms with E-state index in [1.54, 1.807) is 38.1 Å². The quantitative estimate of drug-likeness (QED) is 0.331. The maximum atomic E-state index is 13.6. The molecule has 1 saturated heterocycles. The van der Waals surface area contributed by atoms with Crippen molar-refractivity contribution in [3.63, 3.8) is 0 Å². The van der Waals surface area contributed by atoms with E-state index in [2.05, 4.69) is 0 Å².